The zero-order chi connectivity index (χ0) is 13.5. The van der Waals surface area contributed by atoms with Gasteiger partial charge in [-0.25, -0.2) is 0 Å². The van der Waals surface area contributed by atoms with Crippen molar-refractivity contribution in [2.75, 3.05) is 0 Å². The Bertz CT molecular complexity index is 360. The summed E-state index contributed by atoms with van der Waals surface area (Å²) in [7, 11) is 0. The number of nitrogens with one attached hydrogen (secondary N) is 1. The van der Waals surface area contributed by atoms with E-state index in [1.54, 1.807) is 0 Å². The van der Waals surface area contributed by atoms with Gasteiger partial charge in [-0.3, -0.25) is 11.3 Å². The van der Waals surface area contributed by atoms with Crippen LogP contribution < -0.4 is 11.3 Å². The highest BCUT2D eigenvalue weighted by atomic mass is 35.5. The molecular weight excluding hydrogens is 244 g/mol. The second-order valence-corrected chi connectivity index (χ2v) is 5.40. The maximum atomic E-state index is 6.21. The average Bonchev–Trinajstić information content (AvgIpc) is 2.35. The van der Waals surface area contributed by atoms with Gasteiger partial charge in [0.1, 0.15) is 0 Å². The first-order valence-electron chi connectivity index (χ1n) is 6.86. The van der Waals surface area contributed by atoms with E-state index in [0.29, 0.717) is 5.92 Å². The van der Waals surface area contributed by atoms with Gasteiger partial charge in [-0.15, -0.1) is 0 Å². The summed E-state index contributed by atoms with van der Waals surface area (Å²) in [6.07, 6.45) is 4.74. The molecular formula is C15H25ClN2. The Morgan fingerprint density at radius 2 is 1.83 bits per heavy atom. The topological polar surface area (TPSA) is 38.0 Å². The first kappa shape index (κ1) is 15.5. The van der Waals surface area contributed by atoms with Gasteiger partial charge in [0.15, 0.2) is 0 Å². The summed E-state index contributed by atoms with van der Waals surface area (Å²) in [4.78, 5) is 0. The standard InChI is InChI=1S/C15H25ClN2/c1-4-6-12(7-5-2)15(18-17)13-9-8-11(3)14(16)10-13/h8-10,12,15,18H,4-7,17H2,1-3H3. The fraction of sp³-hybridized carbons (Fsp3) is 0.600. The molecule has 0 aliphatic rings. The number of nitrogens with two attached hydrogens (primary N) is 1. The summed E-state index contributed by atoms with van der Waals surface area (Å²) in [5.74, 6) is 6.33. The Hall–Kier alpha value is -0.570. The van der Waals surface area contributed by atoms with Crippen LogP contribution in [-0.2, 0) is 0 Å². The third-order valence-electron chi connectivity index (χ3n) is 3.52. The molecule has 2 nitrogen and oxygen atoms in total. The van der Waals surface area contributed by atoms with Crippen LogP contribution in [-0.4, -0.2) is 0 Å². The van der Waals surface area contributed by atoms with Gasteiger partial charge in [-0.1, -0.05) is 50.4 Å². The van der Waals surface area contributed by atoms with Crippen LogP contribution in [0.5, 0.6) is 0 Å². The van der Waals surface area contributed by atoms with Crippen molar-refractivity contribution in [2.45, 2.75) is 52.5 Å². The molecule has 0 fully saturated rings. The van der Waals surface area contributed by atoms with Crippen LogP contribution in [0.1, 0.15) is 56.7 Å². The molecule has 3 heteroatoms. The summed E-state index contributed by atoms with van der Waals surface area (Å²) >= 11 is 6.21. The molecule has 1 unspecified atom stereocenters. The van der Waals surface area contributed by atoms with Crippen molar-refractivity contribution in [3.63, 3.8) is 0 Å². The fourth-order valence-corrected chi connectivity index (χ4v) is 2.72. The number of hydrazine groups is 1. The minimum absolute atomic E-state index is 0.197. The lowest BCUT2D eigenvalue weighted by molar-refractivity contribution is 0.319. The minimum atomic E-state index is 0.197. The van der Waals surface area contributed by atoms with E-state index in [-0.39, 0.29) is 6.04 Å². The Balaban J connectivity index is 2.94. The predicted octanol–water partition coefficient (Wildman–Crippen LogP) is 4.37. The van der Waals surface area contributed by atoms with Gasteiger partial charge in [0.25, 0.3) is 0 Å². The molecule has 1 aromatic rings. The van der Waals surface area contributed by atoms with Gasteiger partial charge in [0.2, 0.25) is 0 Å². The van der Waals surface area contributed by atoms with Crippen LogP contribution in [0.3, 0.4) is 0 Å². The molecule has 3 N–H and O–H groups in total. The lowest BCUT2D eigenvalue weighted by Gasteiger charge is -2.27. The van der Waals surface area contributed by atoms with Gasteiger partial charge in [-0.2, -0.15) is 0 Å². The number of halogens is 1. The number of aryl methyl sites for hydroxylation is 1. The van der Waals surface area contributed by atoms with Crippen molar-refractivity contribution in [1.29, 1.82) is 0 Å². The molecule has 0 amide bonds. The SMILES string of the molecule is CCCC(CCC)C(NN)c1ccc(C)c(Cl)c1. The van der Waals surface area contributed by atoms with Crippen LogP contribution in [0.15, 0.2) is 18.2 Å². The third-order valence-corrected chi connectivity index (χ3v) is 3.93. The van der Waals surface area contributed by atoms with E-state index >= 15 is 0 Å². The van der Waals surface area contributed by atoms with E-state index in [0.717, 1.165) is 10.6 Å². The highest BCUT2D eigenvalue weighted by Gasteiger charge is 2.21. The van der Waals surface area contributed by atoms with Crippen molar-refractivity contribution >= 4 is 11.6 Å². The molecule has 0 aliphatic heterocycles. The lowest BCUT2D eigenvalue weighted by atomic mass is 9.86. The van der Waals surface area contributed by atoms with Gasteiger partial charge < -0.3 is 0 Å². The highest BCUT2D eigenvalue weighted by Crippen LogP contribution is 2.31. The monoisotopic (exact) mass is 268 g/mol. The van der Waals surface area contributed by atoms with Crippen molar-refractivity contribution in [3.05, 3.63) is 34.3 Å². The maximum Gasteiger partial charge on any atom is 0.0488 e. The average molecular weight is 269 g/mol. The molecule has 0 aromatic heterocycles. The van der Waals surface area contributed by atoms with Crippen molar-refractivity contribution in [1.82, 2.24) is 5.43 Å². The van der Waals surface area contributed by atoms with Crippen LogP contribution in [0.25, 0.3) is 0 Å². The molecule has 1 rings (SSSR count). The molecule has 0 heterocycles. The second-order valence-electron chi connectivity index (χ2n) is 4.99. The van der Waals surface area contributed by atoms with Gasteiger partial charge in [0.05, 0.1) is 0 Å². The number of hydrogen-bond acceptors (Lipinski definition) is 2. The Labute approximate surface area is 116 Å². The molecule has 0 saturated heterocycles. The van der Waals surface area contributed by atoms with E-state index in [2.05, 4.69) is 31.4 Å². The van der Waals surface area contributed by atoms with Crippen LogP contribution in [0, 0.1) is 12.8 Å². The maximum absolute atomic E-state index is 6.21. The van der Waals surface area contributed by atoms with Gasteiger partial charge in [0, 0.05) is 11.1 Å². The van der Waals surface area contributed by atoms with Crippen molar-refractivity contribution in [3.8, 4) is 0 Å². The molecule has 102 valence electrons. The Morgan fingerprint density at radius 1 is 1.22 bits per heavy atom. The molecule has 0 bridgehead atoms. The van der Waals surface area contributed by atoms with E-state index in [1.165, 1.54) is 31.2 Å². The summed E-state index contributed by atoms with van der Waals surface area (Å²) in [5, 5.41) is 0.819. The molecule has 0 spiro atoms. The largest absolute Gasteiger partial charge is 0.271 e. The first-order valence-corrected chi connectivity index (χ1v) is 7.24. The van der Waals surface area contributed by atoms with Crippen molar-refractivity contribution < 1.29 is 0 Å². The molecule has 0 saturated carbocycles. The normalized spacial score (nSPS) is 13.0. The first-order chi connectivity index (χ1) is 8.63. The quantitative estimate of drug-likeness (QED) is 0.569. The smallest absolute Gasteiger partial charge is 0.0488 e. The molecule has 18 heavy (non-hydrogen) atoms. The van der Waals surface area contributed by atoms with Gasteiger partial charge in [-0.05, 0) is 42.9 Å². The number of hydrogen-bond donors (Lipinski definition) is 2. The van der Waals surface area contributed by atoms with Crippen LogP contribution in [0.4, 0.5) is 0 Å². The Morgan fingerprint density at radius 3 is 2.28 bits per heavy atom. The summed E-state index contributed by atoms with van der Waals surface area (Å²) in [5.41, 5.74) is 5.28. The zero-order valence-corrected chi connectivity index (χ0v) is 12.4. The van der Waals surface area contributed by atoms with Crippen LogP contribution >= 0.6 is 11.6 Å². The number of rotatable bonds is 7. The van der Waals surface area contributed by atoms with E-state index in [4.69, 9.17) is 17.4 Å². The van der Waals surface area contributed by atoms with E-state index in [9.17, 15) is 0 Å². The molecule has 0 aliphatic carbocycles. The van der Waals surface area contributed by atoms with Crippen LogP contribution in [0.2, 0.25) is 5.02 Å². The Kier molecular flexibility index (Phi) is 6.69. The molecule has 0 radical (unpaired) electrons. The van der Waals surface area contributed by atoms with E-state index in [1.807, 2.05) is 13.0 Å². The third kappa shape index (κ3) is 3.98. The van der Waals surface area contributed by atoms with Crippen molar-refractivity contribution in [2.24, 2.45) is 11.8 Å². The number of benzene rings is 1. The fourth-order valence-electron chi connectivity index (χ4n) is 2.53. The summed E-state index contributed by atoms with van der Waals surface area (Å²) in [6, 6.07) is 6.43. The molecule has 1 atom stereocenters. The second kappa shape index (κ2) is 7.78. The summed E-state index contributed by atoms with van der Waals surface area (Å²) in [6.45, 7) is 6.46. The highest BCUT2D eigenvalue weighted by molar-refractivity contribution is 6.31. The zero-order valence-electron chi connectivity index (χ0n) is 11.7. The lowest BCUT2D eigenvalue weighted by Crippen LogP contribution is -2.33. The minimum Gasteiger partial charge on any atom is -0.271 e. The summed E-state index contributed by atoms with van der Waals surface area (Å²) < 4.78 is 0. The van der Waals surface area contributed by atoms with Gasteiger partial charge >= 0.3 is 0 Å². The predicted molar refractivity (Wildman–Crippen MR) is 79.6 cm³/mol. The molecule has 1 aromatic carbocycles. The van der Waals surface area contributed by atoms with E-state index < -0.39 is 0 Å².